The van der Waals surface area contributed by atoms with Gasteiger partial charge in [-0.3, -0.25) is 18.7 Å². The zero-order valence-electron chi connectivity index (χ0n) is 23.2. The van der Waals surface area contributed by atoms with Crippen molar-refractivity contribution in [3.8, 4) is 17.3 Å². The number of carbonyl (C=O) groups excluding carboxylic acids is 2. The molecule has 1 unspecified atom stereocenters. The van der Waals surface area contributed by atoms with Crippen molar-refractivity contribution in [3.05, 3.63) is 59.8 Å². The number of aryl methyl sites for hydroxylation is 1. The fourth-order valence-corrected chi connectivity index (χ4v) is 5.12. The van der Waals surface area contributed by atoms with Gasteiger partial charge in [0, 0.05) is 42.9 Å². The number of halogens is 3. The van der Waals surface area contributed by atoms with Gasteiger partial charge in [0.2, 0.25) is 5.91 Å². The summed E-state index contributed by atoms with van der Waals surface area (Å²) in [7, 11) is 0. The predicted molar refractivity (Wildman–Crippen MR) is 150 cm³/mol. The van der Waals surface area contributed by atoms with E-state index in [4.69, 9.17) is 11.0 Å². The van der Waals surface area contributed by atoms with E-state index in [1.807, 2.05) is 6.92 Å². The van der Waals surface area contributed by atoms with E-state index in [2.05, 4.69) is 25.7 Å². The monoisotopic (exact) mass is 594 g/mol. The van der Waals surface area contributed by atoms with E-state index in [0.29, 0.717) is 37.3 Å². The Bertz CT molecular complexity index is 1710. The summed E-state index contributed by atoms with van der Waals surface area (Å²) < 4.78 is 43.6. The molecule has 1 atom stereocenters. The van der Waals surface area contributed by atoms with Gasteiger partial charge in [-0.2, -0.15) is 23.5 Å². The van der Waals surface area contributed by atoms with Crippen LogP contribution >= 0.6 is 0 Å². The molecule has 224 valence electrons. The minimum atomic E-state index is -4.74. The molecule has 1 fully saturated rings. The number of nitrogens with one attached hydrogen (secondary N) is 2. The van der Waals surface area contributed by atoms with Crippen molar-refractivity contribution in [2.45, 2.75) is 32.5 Å². The molecule has 3 aromatic heterocycles. The number of nitriles is 1. The second kappa shape index (κ2) is 12.1. The Kier molecular flexibility index (Phi) is 8.31. The lowest BCUT2D eigenvalue weighted by Gasteiger charge is -2.17. The lowest BCUT2D eigenvalue weighted by molar-refractivity contribution is -0.141. The number of hydrogen-bond donors (Lipinski definition) is 3. The quantitative estimate of drug-likeness (QED) is 0.267. The van der Waals surface area contributed by atoms with Gasteiger partial charge < -0.3 is 21.3 Å². The maximum absolute atomic E-state index is 13.7. The first kappa shape index (κ1) is 29.5. The highest BCUT2D eigenvalue weighted by atomic mass is 19.4. The highest BCUT2D eigenvalue weighted by Gasteiger charge is 2.38. The Morgan fingerprint density at radius 3 is 2.77 bits per heavy atom. The minimum absolute atomic E-state index is 0.112. The number of anilines is 2. The highest BCUT2D eigenvalue weighted by molar-refractivity contribution is 5.98. The van der Waals surface area contributed by atoms with Gasteiger partial charge in [-0.05, 0) is 49.1 Å². The molecule has 0 spiro atoms. The molecule has 15 heteroatoms. The number of likely N-dealkylation sites (tertiary alicyclic amines) is 1. The molecule has 2 amide bonds. The molecular weight excluding hydrogens is 565 g/mol. The normalized spacial score (nSPS) is 15.1. The summed E-state index contributed by atoms with van der Waals surface area (Å²) in [4.78, 5) is 35.8. The Labute approximate surface area is 244 Å². The lowest BCUT2D eigenvalue weighted by Crippen LogP contribution is -2.39. The topological polar surface area (TPSA) is 159 Å². The van der Waals surface area contributed by atoms with Crippen molar-refractivity contribution in [1.29, 1.82) is 5.26 Å². The van der Waals surface area contributed by atoms with Gasteiger partial charge in [0.1, 0.15) is 6.54 Å². The third-order valence-electron chi connectivity index (χ3n) is 7.33. The van der Waals surface area contributed by atoms with Crippen molar-refractivity contribution >= 4 is 29.0 Å². The van der Waals surface area contributed by atoms with Crippen LogP contribution in [0.3, 0.4) is 0 Å². The van der Waals surface area contributed by atoms with Gasteiger partial charge in [0.25, 0.3) is 5.91 Å². The Morgan fingerprint density at radius 2 is 2.07 bits per heavy atom. The van der Waals surface area contributed by atoms with Crippen LogP contribution in [-0.2, 0) is 23.9 Å². The van der Waals surface area contributed by atoms with Crippen molar-refractivity contribution in [3.63, 3.8) is 0 Å². The van der Waals surface area contributed by atoms with Crippen LogP contribution in [0.15, 0.2) is 43.0 Å². The van der Waals surface area contributed by atoms with Crippen LogP contribution in [0, 0.1) is 17.2 Å². The Balaban J connectivity index is 1.35. The maximum atomic E-state index is 13.7. The summed E-state index contributed by atoms with van der Waals surface area (Å²) in [6, 6.07) is 6.86. The summed E-state index contributed by atoms with van der Waals surface area (Å²) in [5.74, 6) is 0.0320. The van der Waals surface area contributed by atoms with E-state index in [1.54, 1.807) is 29.2 Å². The largest absolute Gasteiger partial charge is 0.435 e. The molecule has 12 nitrogen and oxygen atoms in total. The summed E-state index contributed by atoms with van der Waals surface area (Å²) in [5.41, 5.74) is 6.45. The lowest BCUT2D eigenvalue weighted by atomic mass is 10.0. The van der Waals surface area contributed by atoms with Gasteiger partial charge in [0.15, 0.2) is 17.2 Å². The van der Waals surface area contributed by atoms with E-state index >= 15 is 0 Å². The van der Waals surface area contributed by atoms with Crippen LogP contribution < -0.4 is 16.4 Å². The number of amides is 2. The van der Waals surface area contributed by atoms with Crippen molar-refractivity contribution in [2.24, 2.45) is 11.7 Å². The average Bonchev–Trinajstić information content (AvgIpc) is 3.74. The number of hydrogen-bond acceptors (Lipinski definition) is 8. The van der Waals surface area contributed by atoms with E-state index in [-0.39, 0.29) is 53.5 Å². The second-order valence-electron chi connectivity index (χ2n) is 10.1. The Morgan fingerprint density at radius 1 is 1.26 bits per heavy atom. The Hall–Kier alpha value is -4.97. The molecule has 1 aliphatic rings. The highest BCUT2D eigenvalue weighted by Crippen LogP contribution is 2.37. The standard InChI is InChI=1S/C28H29F3N10O2/c1-2-18-11-19(3-4-20(18)27(43)36-14-23(42)39-8-5-17(12-33)15-39)37-25-26-35-13-22(41(26)10-7-34-25)21-16-40(9-6-32)38-24(21)28(29,30)31/h3-4,7,10-11,13,16-17H,2,5,8-9,12,14-15,33H2,1H3,(H,34,37)(H,36,43). The fourth-order valence-electron chi connectivity index (χ4n) is 5.12. The first-order valence-electron chi connectivity index (χ1n) is 13.6. The number of nitrogens with zero attached hydrogens (tertiary/aromatic N) is 7. The number of benzene rings is 1. The van der Waals surface area contributed by atoms with Gasteiger partial charge in [-0.25, -0.2) is 9.97 Å². The number of alkyl halides is 3. The van der Waals surface area contributed by atoms with E-state index in [1.165, 1.54) is 23.0 Å². The van der Waals surface area contributed by atoms with Crippen LogP contribution in [0.5, 0.6) is 0 Å². The van der Waals surface area contributed by atoms with Crippen LogP contribution in [0.1, 0.15) is 35.0 Å². The minimum Gasteiger partial charge on any atom is -0.343 e. The molecule has 4 N–H and O–H groups in total. The van der Waals surface area contributed by atoms with Crippen LogP contribution in [-0.4, -0.2) is 67.0 Å². The van der Waals surface area contributed by atoms with E-state index in [0.717, 1.165) is 22.9 Å². The molecule has 0 radical (unpaired) electrons. The number of aromatic nitrogens is 5. The van der Waals surface area contributed by atoms with E-state index < -0.39 is 11.9 Å². The molecule has 43 heavy (non-hydrogen) atoms. The first-order chi connectivity index (χ1) is 20.6. The van der Waals surface area contributed by atoms with Gasteiger partial charge >= 0.3 is 6.18 Å². The molecule has 4 heterocycles. The summed E-state index contributed by atoms with van der Waals surface area (Å²) in [6.45, 7) is 3.19. The molecule has 1 aromatic carbocycles. The zero-order chi connectivity index (χ0) is 30.7. The van der Waals surface area contributed by atoms with Gasteiger partial charge in [0.05, 0.1) is 30.1 Å². The number of imidazole rings is 1. The third-order valence-corrected chi connectivity index (χ3v) is 7.33. The van der Waals surface area contributed by atoms with Crippen LogP contribution in [0.25, 0.3) is 16.9 Å². The molecule has 0 bridgehead atoms. The fraction of sp³-hybridized carbons (Fsp3) is 0.357. The predicted octanol–water partition coefficient (Wildman–Crippen LogP) is 2.98. The molecule has 0 saturated carbocycles. The first-order valence-corrected chi connectivity index (χ1v) is 13.6. The number of fused-ring (bicyclic) bond motifs is 1. The van der Waals surface area contributed by atoms with E-state index in [9.17, 15) is 22.8 Å². The van der Waals surface area contributed by atoms with Crippen LogP contribution in [0.4, 0.5) is 24.7 Å². The second-order valence-corrected chi connectivity index (χ2v) is 10.1. The number of nitrogens with two attached hydrogens (primary N) is 1. The van der Waals surface area contributed by atoms with Crippen molar-refractivity contribution in [1.82, 2.24) is 34.4 Å². The molecular formula is C28H29F3N10O2. The molecule has 4 aromatic rings. The summed E-state index contributed by atoms with van der Waals surface area (Å²) >= 11 is 0. The molecule has 1 saturated heterocycles. The maximum Gasteiger partial charge on any atom is 0.435 e. The molecule has 0 aliphatic carbocycles. The van der Waals surface area contributed by atoms with Crippen LogP contribution in [0.2, 0.25) is 0 Å². The summed E-state index contributed by atoms with van der Waals surface area (Å²) in [5, 5.41) is 18.3. The number of rotatable bonds is 9. The van der Waals surface area contributed by atoms with Crippen molar-refractivity contribution in [2.75, 3.05) is 31.5 Å². The van der Waals surface area contributed by atoms with Gasteiger partial charge in [-0.1, -0.05) is 6.92 Å². The number of carbonyl (C=O) groups is 2. The third kappa shape index (κ3) is 6.14. The molecule has 5 rings (SSSR count). The summed E-state index contributed by atoms with van der Waals surface area (Å²) in [6.07, 6.45) is 1.99. The SMILES string of the molecule is CCc1cc(Nc2nccn3c(-c4cn(CC#N)nc4C(F)(F)F)cnc23)ccc1C(=O)NCC(=O)N1CCC(CN)C1. The van der Waals surface area contributed by atoms with Gasteiger partial charge in [-0.15, -0.1) is 0 Å². The smallest absolute Gasteiger partial charge is 0.343 e. The van der Waals surface area contributed by atoms with Crippen molar-refractivity contribution < 1.29 is 22.8 Å². The zero-order valence-corrected chi connectivity index (χ0v) is 23.2. The average molecular weight is 595 g/mol. The molecule has 1 aliphatic heterocycles.